The lowest BCUT2D eigenvalue weighted by molar-refractivity contribution is -0.133. The van der Waals surface area contributed by atoms with E-state index in [-0.39, 0.29) is 22.5 Å². The zero-order valence-corrected chi connectivity index (χ0v) is 19.7. The van der Waals surface area contributed by atoms with Crippen molar-refractivity contribution in [3.05, 3.63) is 57.6 Å². The molecule has 1 atom stereocenters. The molecule has 0 radical (unpaired) electrons. The highest BCUT2D eigenvalue weighted by Crippen LogP contribution is 2.47. The van der Waals surface area contributed by atoms with E-state index in [1.165, 1.54) is 5.56 Å². The van der Waals surface area contributed by atoms with E-state index >= 15 is 0 Å². The molecule has 29 heavy (non-hydrogen) atoms. The number of ether oxygens (including phenoxy) is 1. The van der Waals surface area contributed by atoms with Crippen LogP contribution < -0.4 is 4.74 Å². The van der Waals surface area contributed by atoms with Gasteiger partial charge in [0.05, 0.1) is 0 Å². The van der Waals surface area contributed by atoms with Crippen LogP contribution in [0.1, 0.15) is 94.7 Å². The van der Waals surface area contributed by atoms with Gasteiger partial charge >= 0.3 is 5.97 Å². The third-order valence-electron chi connectivity index (χ3n) is 5.39. The molecule has 1 aliphatic heterocycles. The fourth-order valence-electron chi connectivity index (χ4n) is 3.73. The number of hydrogen-bond donors (Lipinski definition) is 1. The Morgan fingerprint density at radius 3 is 1.83 bits per heavy atom. The van der Waals surface area contributed by atoms with Crippen molar-refractivity contribution in [3.63, 3.8) is 0 Å². The molecule has 0 fully saturated rings. The molecule has 0 amide bonds. The van der Waals surface area contributed by atoms with Crippen LogP contribution in [0.15, 0.2) is 24.3 Å². The maximum atomic E-state index is 12.9. The molecule has 0 saturated carbocycles. The lowest BCUT2D eigenvalue weighted by Gasteiger charge is -2.27. The minimum Gasteiger partial charge on any atom is -0.507 e. The monoisotopic (exact) mass is 396 g/mol. The molecular formula is C26H36O3. The normalized spacial score (nSPS) is 16.1. The van der Waals surface area contributed by atoms with E-state index < -0.39 is 5.92 Å². The number of rotatable bonds is 1. The van der Waals surface area contributed by atoms with E-state index in [1.807, 2.05) is 39.8 Å². The van der Waals surface area contributed by atoms with Crippen LogP contribution >= 0.6 is 0 Å². The van der Waals surface area contributed by atoms with Crippen LogP contribution in [-0.4, -0.2) is 11.1 Å². The molecule has 0 saturated heterocycles. The van der Waals surface area contributed by atoms with Crippen molar-refractivity contribution in [2.75, 3.05) is 0 Å². The van der Waals surface area contributed by atoms with Gasteiger partial charge in [-0.15, -0.1) is 0 Å². The van der Waals surface area contributed by atoms with Crippen molar-refractivity contribution in [1.29, 1.82) is 0 Å². The largest absolute Gasteiger partial charge is 0.507 e. The van der Waals surface area contributed by atoms with Crippen molar-refractivity contribution in [3.8, 4) is 11.5 Å². The van der Waals surface area contributed by atoms with Gasteiger partial charge in [0, 0.05) is 11.1 Å². The Bertz CT molecular complexity index is 901. The van der Waals surface area contributed by atoms with Crippen molar-refractivity contribution >= 4 is 5.97 Å². The first-order chi connectivity index (χ1) is 13.3. The quantitative estimate of drug-likeness (QED) is 0.432. The number of esters is 1. The molecule has 1 aliphatic rings. The number of fused-ring (bicyclic) bond motifs is 1. The van der Waals surface area contributed by atoms with Gasteiger partial charge in [-0.1, -0.05) is 79.7 Å². The summed E-state index contributed by atoms with van der Waals surface area (Å²) in [6.07, 6.45) is 0. The summed E-state index contributed by atoms with van der Waals surface area (Å²) in [5.41, 5.74) is 5.44. The molecule has 158 valence electrons. The first kappa shape index (κ1) is 23.0. The molecule has 1 N–H and O–H groups in total. The number of benzene rings is 2. The average molecular weight is 397 g/mol. The highest BCUT2D eigenvalue weighted by molar-refractivity contribution is 5.90. The number of aryl methyl sites for hydroxylation is 2. The summed E-state index contributed by atoms with van der Waals surface area (Å²) in [6.45, 7) is 20.7. The van der Waals surface area contributed by atoms with Crippen LogP contribution in [0.25, 0.3) is 0 Å². The van der Waals surface area contributed by atoms with Crippen LogP contribution in [0.4, 0.5) is 0 Å². The second kappa shape index (κ2) is 7.85. The maximum absolute atomic E-state index is 12.9. The van der Waals surface area contributed by atoms with E-state index in [9.17, 15) is 9.90 Å². The van der Waals surface area contributed by atoms with Crippen LogP contribution in [0.3, 0.4) is 0 Å². The zero-order chi connectivity index (χ0) is 22.3. The number of aromatic hydroxyl groups is 1. The Hall–Kier alpha value is -2.29. The fraction of sp³-hybridized carbons (Fsp3) is 0.500. The molecule has 0 bridgehead atoms. The van der Waals surface area contributed by atoms with Gasteiger partial charge in [-0.2, -0.15) is 0 Å². The van der Waals surface area contributed by atoms with Gasteiger partial charge in [0.15, 0.2) is 0 Å². The Morgan fingerprint density at radius 2 is 1.38 bits per heavy atom. The highest BCUT2D eigenvalue weighted by atomic mass is 16.5. The summed E-state index contributed by atoms with van der Waals surface area (Å²) >= 11 is 0. The molecule has 1 heterocycles. The standard InChI is InChI=1S/C24H30O3.C2H6/c1-13-9-15(10-14(2)20(13)25)19-17-11-16(23(3,4)5)12-18(24(6,7)8)21(17)27-22(19)26;1-2/h9-12,19,25H,1-8H3;1-2H3. The topological polar surface area (TPSA) is 46.5 Å². The minimum absolute atomic E-state index is 0.0357. The van der Waals surface area contributed by atoms with Crippen molar-refractivity contribution in [1.82, 2.24) is 0 Å². The first-order valence-electron chi connectivity index (χ1n) is 10.5. The van der Waals surface area contributed by atoms with E-state index in [0.29, 0.717) is 5.75 Å². The zero-order valence-electron chi connectivity index (χ0n) is 19.7. The molecule has 0 aliphatic carbocycles. The van der Waals surface area contributed by atoms with Crippen molar-refractivity contribution in [2.45, 2.75) is 86.0 Å². The first-order valence-corrected chi connectivity index (χ1v) is 10.5. The van der Waals surface area contributed by atoms with Gasteiger partial charge in [0.1, 0.15) is 17.4 Å². The summed E-state index contributed by atoms with van der Waals surface area (Å²) in [4.78, 5) is 12.9. The molecular weight excluding hydrogens is 360 g/mol. The second-order valence-electron chi connectivity index (χ2n) is 9.80. The van der Waals surface area contributed by atoms with Gasteiger partial charge in [-0.25, -0.2) is 0 Å². The van der Waals surface area contributed by atoms with Crippen molar-refractivity contribution < 1.29 is 14.6 Å². The Morgan fingerprint density at radius 1 is 0.862 bits per heavy atom. The SMILES string of the molecule is CC.Cc1cc(C2C(=O)Oc3c2cc(C(C)(C)C)cc3C(C)(C)C)cc(C)c1O. The van der Waals surface area contributed by atoms with Crippen LogP contribution in [0, 0.1) is 13.8 Å². The Labute approximate surface area is 176 Å². The van der Waals surface area contributed by atoms with Crippen LogP contribution in [0.5, 0.6) is 11.5 Å². The fourth-order valence-corrected chi connectivity index (χ4v) is 3.73. The number of carbonyl (C=O) groups excluding carboxylic acids is 1. The van der Waals surface area contributed by atoms with E-state index in [1.54, 1.807) is 0 Å². The van der Waals surface area contributed by atoms with Gasteiger partial charge in [0.25, 0.3) is 0 Å². The van der Waals surface area contributed by atoms with Gasteiger partial charge in [-0.05, 0) is 46.9 Å². The van der Waals surface area contributed by atoms with Gasteiger partial charge < -0.3 is 9.84 Å². The number of carbonyl (C=O) groups is 1. The second-order valence-corrected chi connectivity index (χ2v) is 9.80. The van der Waals surface area contributed by atoms with Gasteiger partial charge in [0.2, 0.25) is 0 Å². The predicted molar refractivity (Wildman–Crippen MR) is 120 cm³/mol. The van der Waals surface area contributed by atoms with E-state index in [2.05, 4.69) is 53.7 Å². The minimum atomic E-state index is -0.457. The summed E-state index contributed by atoms with van der Waals surface area (Å²) in [5.74, 6) is 0.283. The maximum Gasteiger partial charge on any atom is 0.323 e. The summed E-state index contributed by atoms with van der Waals surface area (Å²) in [6, 6.07) is 8.09. The molecule has 0 aromatic heterocycles. The summed E-state index contributed by atoms with van der Waals surface area (Å²) < 4.78 is 5.81. The third kappa shape index (κ3) is 4.34. The van der Waals surface area contributed by atoms with Crippen molar-refractivity contribution in [2.24, 2.45) is 0 Å². The molecule has 3 heteroatoms. The van der Waals surface area contributed by atoms with E-state index in [4.69, 9.17) is 4.74 Å². The number of phenolic OH excluding ortho intramolecular Hbond substituents is 1. The third-order valence-corrected chi connectivity index (χ3v) is 5.39. The average Bonchev–Trinajstić information content (AvgIpc) is 2.94. The summed E-state index contributed by atoms with van der Waals surface area (Å²) in [5, 5.41) is 10.1. The lowest BCUT2D eigenvalue weighted by Crippen LogP contribution is -2.17. The van der Waals surface area contributed by atoms with Crippen LogP contribution in [-0.2, 0) is 15.6 Å². The molecule has 2 aromatic carbocycles. The number of phenols is 1. The van der Waals surface area contributed by atoms with Crippen LogP contribution in [0.2, 0.25) is 0 Å². The molecule has 0 spiro atoms. The van der Waals surface area contributed by atoms with E-state index in [0.717, 1.165) is 27.8 Å². The molecule has 1 unspecified atom stereocenters. The summed E-state index contributed by atoms with van der Waals surface area (Å²) in [7, 11) is 0. The molecule has 3 rings (SSSR count). The Balaban J connectivity index is 0.00000145. The highest BCUT2D eigenvalue weighted by Gasteiger charge is 2.39. The Kier molecular flexibility index (Phi) is 6.23. The van der Waals surface area contributed by atoms with Gasteiger partial charge in [-0.3, -0.25) is 4.79 Å². The molecule has 2 aromatic rings. The smallest absolute Gasteiger partial charge is 0.323 e. The predicted octanol–water partition coefficient (Wildman–Crippen LogP) is 6.68. The molecule has 3 nitrogen and oxygen atoms in total. The lowest BCUT2D eigenvalue weighted by atomic mass is 9.77. The number of hydrogen-bond acceptors (Lipinski definition) is 3.